The third kappa shape index (κ3) is 2.43. The van der Waals surface area contributed by atoms with Crippen LogP contribution in [-0.2, 0) is 6.42 Å². The molecule has 0 spiro atoms. The molecule has 16 heavy (non-hydrogen) atoms. The molecule has 1 N–H and O–H groups in total. The Labute approximate surface area is 91.7 Å². The number of hydrogen-bond acceptors (Lipinski definition) is 4. The smallest absolute Gasteiger partial charge is 0.255 e. The van der Waals surface area contributed by atoms with Gasteiger partial charge in [-0.15, -0.1) is 0 Å². The van der Waals surface area contributed by atoms with Crippen molar-refractivity contribution in [2.45, 2.75) is 19.4 Å². The molecular weight excluding hydrogens is 211 g/mol. The summed E-state index contributed by atoms with van der Waals surface area (Å²) in [5, 5.41) is 12.9. The second-order valence-corrected chi connectivity index (χ2v) is 3.53. The lowest BCUT2D eigenvalue weighted by Crippen LogP contribution is -1.94. The minimum Gasteiger partial charge on any atom is -0.384 e. The van der Waals surface area contributed by atoms with Crippen LogP contribution in [0.5, 0.6) is 0 Å². The molecule has 0 aliphatic heterocycles. The van der Waals surface area contributed by atoms with Gasteiger partial charge in [-0.25, -0.2) is 4.39 Å². The monoisotopic (exact) mass is 222 g/mol. The average Bonchev–Trinajstić information content (AvgIpc) is 2.66. The van der Waals surface area contributed by atoms with Gasteiger partial charge < -0.3 is 9.63 Å². The standard InChI is InChI=1S/C11H11FN2O2/c1-7(15)11-13-10(14-16-11)6-8-3-2-4-9(12)5-8/h2-5,7,15H,6H2,1H3. The number of rotatable bonds is 3. The van der Waals surface area contributed by atoms with Crippen molar-refractivity contribution >= 4 is 0 Å². The summed E-state index contributed by atoms with van der Waals surface area (Å²) in [6, 6.07) is 6.20. The molecule has 5 heteroatoms. The lowest BCUT2D eigenvalue weighted by molar-refractivity contribution is 0.151. The number of halogens is 1. The highest BCUT2D eigenvalue weighted by Gasteiger charge is 2.11. The van der Waals surface area contributed by atoms with Gasteiger partial charge in [-0.1, -0.05) is 17.3 Å². The fourth-order valence-electron chi connectivity index (χ4n) is 1.34. The SMILES string of the molecule is CC(O)c1nc(Cc2cccc(F)c2)no1. The summed E-state index contributed by atoms with van der Waals surface area (Å²) >= 11 is 0. The molecule has 1 unspecified atom stereocenters. The zero-order valence-electron chi connectivity index (χ0n) is 8.72. The Morgan fingerprint density at radius 2 is 2.31 bits per heavy atom. The molecule has 2 rings (SSSR count). The molecule has 0 fully saturated rings. The van der Waals surface area contributed by atoms with E-state index in [1.165, 1.54) is 12.1 Å². The summed E-state index contributed by atoms with van der Waals surface area (Å²) in [6.45, 7) is 1.54. The molecule has 0 radical (unpaired) electrons. The Bertz CT molecular complexity index is 482. The molecule has 2 aromatic rings. The van der Waals surface area contributed by atoms with E-state index in [-0.39, 0.29) is 11.7 Å². The molecule has 1 aromatic carbocycles. The van der Waals surface area contributed by atoms with Gasteiger partial charge in [-0.05, 0) is 24.6 Å². The number of nitrogens with zero attached hydrogens (tertiary/aromatic N) is 2. The van der Waals surface area contributed by atoms with Gasteiger partial charge in [-0.2, -0.15) is 4.98 Å². The van der Waals surface area contributed by atoms with Crippen LogP contribution in [0.1, 0.15) is 30.3 Å². The lowest BCUT2D eigenvalue weighted by Gasteiger charge is -1.96. The number of aliphatic hydroxyl groups is 1. The first-order chi connectivity index (χ1) is 7.65. The van der Waals surface area contributed by atoms with Gasteiger partial charge in [0.05, 0.1) is 0 Å². The molecule has 0 bridgehead atoms. The third-order valence-electron chi connectivity index (χ3n) is 2.09. The minimum absolute atomic E-state index is 0.173. The van der Waals surface area contributed by atoms with Crippen molar-refractivity contribution in [1.82, 2.24) is 10.1 Å². The summed E-state index contributed by atoms with van der Waals surface area (Å²) in [5.41, 5.74) is 0.762. The molecule has 0 saturated carbocycles. The van der Waals surface area contributed by atoms with E-state index in [0.29, 0.717) is 12.2 Å². The van der Waals surface area contributed by atoms with Gasteiger partial charge in [0.1, 0.15) is 11.9 Å². The molecular formula is C11H11FN2O2. The Balaban J connectivity index is 2.14. The maximum atomic E-state index is 12.9. The summed E-state index contributed by atoms with van der Waals surface area (Å²) in [4.78, 5) is 3.98. The highest BCUT2D eigenvalue weighted by Crippen LogP contribution is 2.12. The number of hydrogen-bond donors (Lipinski definition) is 1. The molecule has 1 atom stereocenters. The number of aromatic nitrogens is 2. The lowest BCUT2D eigenvalue weighted by atomic mass is 10.1. The van der Waals surface area contributed by atoms with Crippen LogP contribution in [0.15, 0.2) is 28.8 Å². The largest absolute Gasteiger partial charge is 0.384 e. The van der Waals surface area contributed by atoms with E-state index in [1.54, 1.807) is 19.1 Å². The van der Waals surface area contributed by atoms with Crippen LogP contribution in [0.3, 0.4) is 0 Å². The quantitative estimate of drug-likeness (QED) is 0.861. The topological polar surface area (TPSA) is 59.2 Å². The first kappa shape index (κ1) is 10.8. The summed E-state index contributed by atoms with van der Waals surface area (Å²) < 4.78 is 17.7. The molecule has 4 nitrogen and oxygen atoms in total. The van der Waals surface area contributed by atoms with E-state index in [0.717, 1.165) is 5.56 Å². The highest BCUT2D eigenvalue weighted by molar-refractivity contribution is 5.19. The third-order valence-corrected chi connectivity index (χ3v) is 2.09. The molecule has 1 aromatic heterocycles. The molecule has 1 heterocycles. The van der Waals surface area contributed by atoms with Crippen molar-refractivity contribution in [3.63, 3.8) is 0 Å². The predicted octanol–water partition coefficient (Wildman–Crippen LogP) is 1.85. The normalized spacial score (nSPS) is 12.7. The second-order valence-electron chi connectivity index (χ2n) is 3.53. The fraction of sp³-hybridized carbons (Fsp3) is 0.273. The van der Waals surface area contributed by atoms with Crippen LogP contribution in [0.25, 0.3) is 0 Å². The Morgan fingerprint density at radius 3 is 2.94 bits per heavy atom. The number of benzene rings is 1. The van der Waals surface area contributed by atoms with Crippen LogP contribution >= 0.6 is 0 Å². The van der Waals surface area contributed by atoms with Crippen molar-refractivity contribution in [2.24, 2.45) is 0 Å². The van der Waals surface area contributed by atoms with E-state index in [4.69, 9.17) is 4.52 Å². The zero-order chi connectivity index (χ0) is 11.5. The minimum atomic E-state index is -0.784. The maximum Gasteiger partial charge on any atom is 0.255 e. The van der Waals surface area contributed by atoms with Crippen LogP contribution in [0.2, 0.25) is 0 Å². The Hall–Kier alpha value is -1.75. The first-order valence-corrected chi connectivity index (χ1v) is 4.90. The average molecular weight is 222 g/mol. The van der Waals surface area contributed by atoms with Gasteiger partial charge >= 0.3 is 0 Å². The van der Waals surface area contributed by atoms with E-state index in [1.807, 2.05) is 0 Å². The van der Waals surface area contributed by atoms with Crippen molar-refractivity contribution in [1.29, 1.82) is 0 Å². The van der Waals surface area contributed by atoms with E-state index in [2.05, 4.69) is 10.1 Å². The zero-order valence-corrected chi connectivity index (χ0v) is 8.72. The predicted molar refractivity (Wildman–Crippen MR) is 54.1 cm³/mol. The van der Waals surface area contributed by atoms with Crippen molar-refractivity contribution in [3.05, 3.63) is 47.4 Å². The first-order valence-electron chi connectivity index (χ1n) is 4.90. The highest BCUT2D eigenvalue weighted by atomic mass is 19.1. The van der Waals surface area contributed by atoms with Crippen molar-refractivity contribution < 1.29 is 14.0 Å². The van der Waals surface area contributed by atoms with Crippen molar-refractivity contribution in [3.8, 4) is 0 Å². The van der Waals surface area contributed by atoms with Crippen LogP contribution in [0.4, 0.5) is 4.39 Å². The van der Waals surface area contributed by atoms with Gasteiger partial charge in [0.25, 0.3) is 5.89 Å². The van der Waals surface area contributed by atoms with E-state index in [9.17, 15) is 9.50 Å². The molecule has 0 aliphatic carbocycles. The van der Waals surface area contributed by atoms with Crippen LogP contribution < -0.4 is 0 Å². The van der Waals surface area contributed by atoms with Gasteiger partial charge in [0, 0.05) is 6.42 Å². The second kappa shape index (κ2) is 4.40. The van der Waals surface area contributed by atoms with Gasteiger partial charge in [0.2, 0.25) is 0 Å². The van der Waals surface area contributed by atoms with Gasteiger partial charge in [-0.3, -0.25) is 0 Å². The summed E-state index contributed by atoms with van der Waals surface area (Å²) in [7, 11) is 0. The molecule has 0 amide bonds. The van der Waals surface area contributed by atoms with Gasteiger partial charge in [0.15, 0.2) is 5.82 Å². The molecule has 0 saturated heterocycles. The molecule has 84 valence electrons. The Kier molecular flexibility index (Phi) is 2.96. The molecule has 0 aliphatic rings. The van der Waals surface area contributed by atoms with Crippen LogP contribution in [-0.4, -0.2) is 15.2 Å². The van der Waals surface area contributed by atoms with E-state index < -0.39 is 6.10 Å². The fourth-order valence-corrected chi connectivity index (χ4v) is 1.34. The van der Waals surface area contributed by atoms with Crippen LogP contribution in [0, 0.1) is 5.82 Å². The van der Waals surface area contributed by atoms with E-state index >= 15 is 0 Å². The summed E-state index contributed by atoms with van der Waals surface area (Å²) in [5.74, 6) is 0.310. The van der Waals surface area contributed by atoms with Crippen molar-refractivity contribution in [2.75, 3.05) is 0 Å². The summed E-state index contributed by atoms with van der Waals surface area (Å²) in [6.07, 6.45) is -0.401. The number of aliphatic hydroxyl groups excluding tert-OH is 1. The Morgan fingerprint density at radius 1 is 1.50 bits per heavy atom. The maximum absolute atomic E-state index is 12.9.